The van der Waals surface area contributed by atoms with Crippen molar-refractivity contribution in [1.29, 1.82) is 0 Å². The summed E-state index contributed by atoms with van der Waals surface area (Å²) in [5, 5.41) is 6.51. The van der Waals surface area contributed by atoms with Crippen LogP contribution in [0.25, 0.3) is 0 Å². The van der Waals surface area contributed by atoms with Crippen molar-refractivity contribution in [2.75, 3.05) is 43.9 Å². The maximum absolute atomic E-state index is 12.8. The number of primary amides is 1. The molecule has 33 heavy (non-hydrogen) atoms. The lowest BCUT2D eigenvalue weighted by molar-refractivity contribution is 0.0664. The molecule has 1 saturated carbocycles. The van der Waals surface area contributed by atoms with Crippen LogP contribution in [0.2, 0.25) is 0 Å². The van der Waals surface area contributed by atoms with Crippen LogP contribution in [0.5, 0.6) is 0 Å². The molecular formula is C23H32N8O2. The van der Waals surface area contributed by atoms with Gasteiger partial charge in [-0.3, -0.25) is 9.59 Å². The molecule has 10 heteroatoms. The Morgan fingerprint density at radius 1 is 1.03 bits per heavy atom. The summed E-state index contributed by atoms with van der Waals surface area (Å²) in [6.07, 6.45) is 5.39. The Labute approximate surface area is 193 Å². The number of nitrogens with zero attached hydrogens (tertiary/aromatic N) is 4. The number of anilines is 3. The van der Waals surface area contributed by atoms with E-state index >= 15 is 0 Å². The number of rotatable bonds is 6. The van der Waals surface area contributed by atoms with Gasteiger partial charge in [-0.2, -0.15) is 0 Å². The highest BCUT2D eigenvalue weighted by atomic mass is 16.2. The van der Waals surface area contributed by atoms with E-state index in [1.54, 1.807) is 24.3 Å². The van der Waals surface area contributed by atoms with Crippen LogP contribution in [0, 0.1) is 0 Å². The molecule has 0 atom stereocenters. The Kier molecular flexibility index (Phi) is 7.05. The first-order chi connectivity index (χ1) is 15.9. The van der Waals surface area contributed by atoms with Crippen molar-refractivity contribution in [3.05, 3.63) is 41.7 Å². The van der Waals surface area contributed by atoms with Gasteiger partial charge in [0.1, 0.15) is 5.82 Å². The van der Waals surface area contributed by atoms with Gasteiger partial charge in [-0.05, 0) is 57.0 Å². The van der Waals surface area contributed by atoms with Crippen molar-refractivity contribution in [1.82, 2.24) is 19.8 Å². The molecule has 1 aromatic heterocycles. The van der Waals surface area contributed by atoms with E-state index in [2.05, 4.69) is 32.5 Å². The monoisotopic (exact) mass is 452 g/mol. The Balaban J connectivity index is 1.45. The summed E-state index contributed by atoms with van der Waals surface area (Å²) in [4.78, 5) is 37.5. The Bertz CT molecular complexity index is 980. The number of nitrogens with two attached hydrogens (primary N) is 2. The van der Waals surface area contributed by atoms with Crippen LogP contribution in [0.3, 0.4) is 0 Å². The molecule has 2 aromatic rings. The molecule has 176 valence electrons. The zero-order valence-electron chi connectivity index (χ0n) is 19.0. The average molecular weight is 453 g/mol. The van der Waals surface area contributed by atoms with Gasteiger partial charge in [0.15, 0.2) is 11.5 Å². The number of aromatic nitrogens is 2. The molecule has 2 aliphatic rings. The quantitative estimate of drug-likeness (QED) is 0.515. The minimum atomic E-state index is -0.665. The molecule has 2 amide bonds. The van der Waals surface area contributed by atoms with Crippen LogP contribution >= 0.6 is 0 Å². The van der Waals surface area contributed by atoms with Gasteiger partial charge in [0.2, 0.25) is 0 Å². The summed E-state index contributed by atoms with van der Waals surface area (Å²) in [5.41, 5.74) is 12.9. The highest BCUT2D eigenvalue weighted by Crippen LogP contribution is 2.23. The molecule has 1 aliphatic carbocycles. The van der Waals surface area contributed by atoms with E-state index in [0.29, 0.717) is 17.1 Å². The second-order valence-corrected chi connectivity index (χ2v) is 8.87. The number of benzene rings is 1. The SMILES string of the molecule is CN1CCN(C(=O)c2ccc(Nc3nc(N[C@H]4CC[C@H](N)CC4)cnc3C(N)=O)cc2)CC1. The molecule has 0 bridgehead atoms. The first kappa shape index (κ1) is 22.9. The van der Waals surface area contributed by atoms with Crippen LogP contribution in [-0.4, -0.2) is 76.9 Å². The molecule has 10 nitrogen and oxygen atoms in total. The molecule has 0 spiro atoms. The molecule has 4 rings (SSSR count). The van der Waals surface area contributed by atoms with E-state index in [4.69, 9.17) is 11.5 Å². The second-order valence-electron chi connectivity index (χ2n) is 8.87. The molecular weight excluding hydrogens is 420 g/mol. The van der Waals surface area contributed by atoms with Crippen molar-refractivity contribution in [3.63, 3.8) is 0 Å². The van der Waals surface area contributed by atoms with Gasteiger partial charge in [-0.15, -0.1) is 0 Å². The number of hydrogen-bond acceptors (Lipinski definition) is 8. The first-order valence-electron chi connectivity index (χ1n) is 11.4. The van der Waals surface area contributed by atoms with Crippen molar-refractivity contribution >= 4 is 29.1 Å². The van der Waals surface area contributed by atoms with Crippen LogP contribution in [-0.2, 0) is 0 Å². The van der Waals surface area contributed by atoms with E-state index in [9.17, 15) is 9.59 Å². The van der Waals surface area contributed by atoms with Crippen molar-refractivity contribution in [3.8, 4) is 0 Å². The number of carbonyl (C=O) groups excluding carboxylic acids is 2. The van der Waals surface area contributed by atoms with Crippen LogP contribution < -0.4 is 22.1 Å². The first-order valence-corrected chi connectivity index (χ1v) is 11.4. The predicted molar refractivity (Wildman–Crippen MR) is 128 cm³/mol. The standard InChI is InChI=1S/C23H32N8O2/c1-30-10-12-31(13-11-30)23(33)15-2-6-18(7-3-15)28-22-20(21(25)32)26-14-19(29-22)27-17-8-4-16(24)5-9-17/h2-3,6-7,14,16-17H,4-5,8-13,24H2,1H3,(H2,25,32)(H2,27,28,29)/t16-,17-. The van der Waals surface area contributed by atoms with Crippen LogP contribution in [0.15, 0.2) is 30.5 Å². The topological polar surface area (TPSA) is 142 Å². The summed E-state index contributed by atoms with van der Waals surface area (Å²) in [5.74, 6) is 0.204. The normalized spacial score (nSPS) is 21.5. The largest absolute Gasteiger partial charge is 0.366 e. The second kappa shape index (κ2) is 10.1. The van der Waals surface area contributed by atoms with Gasteiger partial charge in [0, 0.05) is 49.5 Å². The van der Waals surface area contributed by atoms with Gasteiger partial charge in [-0.1, -0.05) is 0 Å². The van der Waals surface area contributed by atoms with Gasteiger partial charge >= 0.3 is 0 Å². The molecule has 1 saturated heterocycles. The Morgan fingerprint density at radius 2 is 1.70 bits per heavy atom. The van der Waals surface area contributed by atoms with Crippen LogP contribution in [0.1, 0.15) is 46.5 Å². The number of likely N-dealkylation sites (N-methyl/N-ethyl adjacent to an activating group) is 1. The minimum absolute atomic E-state index is 0.0191. The summed E-state index contributed by atoms with van der Waals surface area (Å²) < 4.78 is 0. The summed E-state index contributed by atoms with van der Waals surface area (Å²) in [7, 11) is 2.06. The van der Waals surface area contributed by atoms with E-state index in [1.807, 2.05) is 4.90 Å². The molecule has 2 heterocycles. The number of piperazine rings is 1. The smallest absolute Gasteiger partial charge is 0.271 e. The number of carbonyl (C=O) groups is 2. The fourth-order valence-corrected chi connectivity index (χ4v) is 4.22. The molecule has 0 radical (unpaired) electrons. The third-order valence-electron chi connectivity index (χ3n) is 6.31. The third-order valence-corrected chi connectivity index (χ3v) is 6.31. The molecule has 0 unspecified atom stereocenters. The minimum Gasteiger partial charge on any atom is -0.366 e. The number of amides is 2. The molecule has 2 fully saturated rings. The number of hydrogen-bond donors (Lipinski definition) is 4. The Hall–Kier alpha value is -3.24. The van der Waals surface area contributed by atoms with E-state index < -0.39 is 5.91 Å². The van der Waals surface area contributed by atoms with E-state index in [-0.39, 0.29) is 29.5 Å². The van der Waals surface area contributed by atoms with E-state index in [1.165, 1.54) is 6.20 Å². The van der Waals surface area contributed by atoms with Crippen molar-refractivity contribution in [2.45, 2.75) is 37.8 Å². The lowest BCUT2D eigenvalue weighted by Crippen LogP contribution is -2.47. The van der Waals surface area contributed by atoms with Crippen LogP contribution in [0.4, 0.5) is 17.3 Å². The lowest BCUT2D eigenvalue weighted by atomic mass is 9.92. The number of nitrogens with one attached hydrogen (secondary N) is 2. The summed E-state index contributed by atoms with van der Waals surface area (Å²) in [6, 6.07) is 7.65. The van der Waals surface area contributed by atoms with E-state index in [0.717, 1.165) is 51.9 Å². The predicted octanol–water partition coefficient (Wildman–Crippen LogP) is 1.39. The fourth-order valence-electron chi connectivity index (χ4n) is 4.22. The molecule has 6 N–H and O–H groups in total. The van der Waals surface area contributed by atoms with Gasteiger partial charge in [0.05, 0.1) is 6.20 Å². The van der Waals surface area contributed by atoms with Gasteiger partial charge < -0.3 is 31.9 Å². The maximum atomic E-state index is 12.8. The lowest BCUT2D eigenvalue weighted by Gasteiger charge is -2.32. The zero-order chi connectivity index (χ0) is 23.4. The highest BCUT2D eigenvalue weighted by Gasteiger charge is 2.22. The van der Waals surface area contributed by atoms with Crippen molar-refractivity contribution in [2.24, 2.45) is 11.5 Å². The van der Waals surface area contributed by atoms with Gasteiger partial charge in [-0.25, -0.2) is 9.97 Å². The molecule has 1 aromatic carbocycles. The fraction of sp³-hybridized carbons (Fsp3) is 0.478. The third kappa shape index (κ3) is 5.77. The zero-order valence-corrected chi connectivity index (χ0v) is 19.0. The summed E-state index contributed by atoms with van der Waals surface area (Å²) in [6.45, 7) is 3.19. The van der Waals surface area contributed by atoms with Gasteiger partial charge in [0.25, 0.3) is 11.8 Å². The van der Waals surface area contributed by atoms with Crippen molar-refractivity contribution < 1.29 is 9.59 Å². The Morgan fingerprint density at radius 3 is 2.33 bits per heavy atom. The summed E-state index contributed by atoms with van der Waals surface area (Å²) >= 11 is 0. The maximum Gasteiger partial charge on any atom is 0.271 e. The average Bonchev–Trinajstić information content (AvgIpc) is 2.81. The highest BCUT2D eigenvalue weighted by molar-refractivity contribution is 5.97. The molecule has 1 aliphatic heterocycles.